The van der Waals surface area contributed by atoms with Crippen LogP contribution in [0.15, 0.2) is 0 Å². The Morgan fingerprint density at radius 1 is 1.47 bits per heavy atom. The molecule has 0 spiro atoms. The molecule has 0 bridgehead atoms. The third-order valence-corrected chi connectivity index (χ3v) is 2.99. The molecule has 1 aliphatic heterocycles. The molecule has 0 N–H and O–H groups in total. The molecular formula is C11H18N4O2. The minimum Gasteiger partial charge on any atom is -0.377 e. The number of carbonyl (C=O) groups excluding carboxylic acids is 1. The highest BCUT2D eigenvalue weighted by Gasteiger charge is 2.32. The summed E-state index contributed by atoms with van der Waals surface area (Å²) in [5.74, 6) is 1.70. The average Bonchev–Trinajstić information content (AvgIpc) is 2.70. The highest BCUT2D eigenvalue weighted by atomic mass is 16.5. The van der Waals surface area contributed by atoms with Crippen LogP contribution in [0.5, 0.6) is 0 Å². The summed E-state index contributed by atoms with van der Waals surface area (Å²) in [6.07, 6.45) is 0.956. The molecule has 1 amide bonds. The van der Waals surface area contributed by atoms with E-state index in [0.717, 1.165) is 24.6 Å². The number of carbonyl (C=O) groups is 1. The number of methoxy groups -OCH3 is 1. The van der Waals surface area contributed by atoms with Gasteiger partial charge in [0.25, 0.3) is 0 Å². The Kier molecular flexibility index (Phi) is 3.42. The van der Waals surface area contributed by atoms with Crippen molar-refractivity contribution >= 4 is 5.91 Å². The highest BCUT2D eigenvalue weighted by Crippen LogP contribution is 2.22. The van der Waals surface area contributed by atoms with E-state index in [1.807, 2.05) is 16.4 Å². The molecule has 94 valence electrons. The van der Waals surface area contributed by atoms with E-state index in [1.54, 1.807) is 7.11 Å². The number of ether oxygens (including phenoxy) is 1. The van der Waals surface area contributed by atoms with Crippen LogP contribution >= 0.6 is 0 Å². The second-order valence-corrected chi connectivity index (χ2v) is 4.27. The van der Waals surface area contributed by atoms with Crippen molar-refractivity contribution in [3.8, 4) is 0 Å². The molecule has 0 aromatic carbocycles. The van der Waals surface area contributed by atoms with E-state index in [0.29, 0.717) is 13.2 Å². The number of nitrogens with zero attached hydrogens (tertiary/aromatic N) is 4. The molecule has 1 aliphatic rings. The van der Waals surface area contributed by atoms with Gasteiger partial charge in [-0.05, 0) is 13.3 Å². The van der Waals surface area contributed by atoms with Crippen LogP contribution in [-0.4, -0.2) is 39.2 Å². The van der Waals surface area contributed by atoms with Crippen molar-refractivity contribution in [1.82, 2.24) is 19.7 Å². The minimum absolute atomic E-state index is 0.136. The largest absolute Gasteiger partial charge is 0.377 e. The minimum atomic E-state index is -0.231. The molecule has 0 radical (unpaired) electrons. The highest BCUT2D eigenvalue weighted by molar-refractivity contribution is 5.81. The molecular weight excluding hydrogens is 220 g/mol. The Labute approximate surface area is 101 Å². The monoisotopic (exact) mass is 238 g/mol. The average molecular weight is 238 g/mol. The van der Waals surface area contributed by atoms with E-state index in [4.69, 9.17) is 4.74 Å². The first-order valence-corrected chi connectivity index (χ1v) is 5.89. The topological polar surface area (TPSA) is 60.2 Å². The summed E-state index contributed by atoms with van der Waals surface area (Å²) >= 11 is 0. The fourth-order valence-corrected chi connectivity index (χ4v) is 2.23. The quantitative estimate of drug-likeness (QED) is 0.776. The van der Waals surface area contributed by atoms with Gasteiger partial charge in [-0.2, -0.15) is 0 Å². The third-order valence-electron chi connectivity index (χ3n) is 2.99. The van der Waals surface area contributed by atoms with Gasteiger partial charge in [0.2, 0.25) is 5.91 Å². The van der Waals surface area contributed by atoms with Gasteiger partial charge >= 0.3 is 0 Å². The second-order valence-electron chi connectivity index (χ2n) is 4.27. The SMILES string of the molecule is CCCN1Cc2nnc(COC)n2[C@H](C)C1=O. The number of aromatic nitrogens is 3. The molecule has 0 saturated heterocycles. The Morgan fingerprint density at radius 3 is 2.88 bits per heavy atom. The smallest absolute Gasteiger partial charge is 0.245 e. The fourth-order valence-electron chi connectivity index (χ4n) is 2.23. The lowest BCUT2D eigenvalue weighted by molar-refractivity contribution is -0.137. The van der Waals surface area contributed by atoms with Crippen LogP contribution in [0.1, 0.15) is 38.0 Å². The van der Waals surface area contributed by atoms with Crippen LogP contribution in [0.25, 0.3) is 0 Å². The van der Waals surface area contributed by atoms with E-state index in [-0.39, 0.29) is 11.9 Å². The molecule has 1 aromatic heterocycles. The number of amides is 1. The Balaban J connectivity index is 2.30. The van der Waals surface area contributed by atoms with Crippen molar-refractivity contribution in [2.45, 2.75) is 39.5 Å². The summed E-state index contributed by atoms with van der Waals surface area (Å²) in [5, 5.41) is 8.21. The van der Waals surface area contributed by atoms with Crippen LogP contribution in [0.4, 0.5) is 0 Å². The lowest BCUT2D eigenvalue weighted by atomic mass is 10.2. The maximum atomic E-state index is 12.1. The van der Waals surface area contributed by atoms with Crippen molar-refractivity contribution < 1.29 is 9.53 Å². The van der Waals surface area contributed by atoms with Gasteiger partial charge in [0.1, 0.15) is 12.6 Å². The van der Waals surface area contributed by atoms with Crippen LogP contribution in [0, 0.1) is 0 Å². The number of hydrogen-bond donors (Lipinski definition) is 0. The van der Waals surface area contributed by atoms with E-state index in [1.165, 1.54) is 0 Å². The number of rotatable bonds is 4. The zero-order valence-corrected chi connectivity index (χ0v) is 10.5. The van der Waals surface area contributed by atoms with Crippen molar-refractivity contribution in [2.75, 3.05) is 13.7 Å². The van der Waals surface area contributed by atoms with Crippen molar-refractivity contribution in [3.63, 3.8) is 0 Å². The van der Waals surface area contributed by atoms with Gasteiger partial charge in [0.15, 0.2) is 11.6 Å². The Hall–Kier alpha value is -1.43. The van der Waals surface area contributed by atoms with E-state index < -0.39 is 0 Å². The maximum Gasteiger partial charge on any atom is 0.245 e. The molecule has 0 saturated carbocycles. The van der Waals surface area contributed by atoms with Gasteiger partial charge in [-0.25, -0.2) is 0 Å². The molecule has 0 unspecified atom stereocenters. The zero-order chi connectivity index (χ0) is 12.4. The van der Waals surface area contributed by atoms with Gasteiger partial charge in [-0.15, -0.1) is 10.2 Å². The molecule has 1 aromatic rings. The summed E-state index contributed by atoms with van der Waals surface area (Å²) in [7, 11) is 1.61. The lowest BCUT2D eigenvalue weighted by Gasteiger charge is -2.31. The van der Waals surface area contributed by atoms with Crippen molar-refractivity contribution in [3.05, 3.63) is 11.6 Å². The van der Waals surface area contributed by atoms with Gasteiger partial charge < -0.3 is 9.64 Å². The molecule has 1 atom stereocenters. The van der Waals surface area contributed by atoms with Crippen molar-refractivity contribution in [2.24, 2.45) is 0 Å². The molecule has 0 fully saturated rings. The third kappa shape index (κ3) is 2.04. The first-order chi connectivity index (χ1) is 8.19. The Morgan fingerprint density at radius 2 is 2.24 bits per heavy atom. The summed E-state index contributed by atoms with van der Waals surface area (Å²) < 4.78 is 6.95. The summed E-state index contributed by atoms with van der Waals surface area (Å²) in [6.45, 7) is 5.66. The predicted octanol–water partition coefficient (Wildman–Crippen LogP) is 0.738. The Bertz CT molecular complexity index is 416. The van der Waals surface area contributed by atoms with Gasteiger partial charge in [0.05, 0.1) is 6.54 Å². The molecule has 2 heterocycles. The summed E-state index contributed by atoms with van der Waals surface area (Å²) in [6, 6.07) is -0.231. The van der Waals surface area contributed by atoms with E-state index >= 15 is 0 Å². The first kappa shape index (κ1) is 12.0. The van der Waals surface area contributed by atoms with Crippen LogP contribution in [0.3, 0.4) is 0 Å². The molecule has 6 nitrogen and oxygen atoms in total. The number of fused-ring (bicyclic) bond motifs is 1. The zero-order valence-electron chi connectivity index (χ0n) is 10.5. The molecule has 17 heavy (non-hydrogen) atoms. The molecule has 0 aliphatic carbocycles. The van der Waals surface area contributed by atoms with Gasteiger partial charge in [0, 0.05) is 13.7 Å². The summed E-state index contributed by atoms with van der Waals surface area (Å²) in [5.41, 5.74) is 0. The van der Waals surface area contributed by atoms with E-state index in [2.05, 4.69) is 17.1 Å². The van der Waals surface area contributed by atoms with Gasteiger partial charge in [-0.1, -0.05) is 6.92 Å². The fraction of sp³-hybridized carbons (Fsp3) is 0.727. The van der Waals surface area contributed by atoms with E-state index in [9.17, 15) is 4.79 Å². The standard InChI is InChI=1S/C11H18N4O2/c1-4-5-14-6-9-12-13-10(7-17-3)15(9)8(2)11(14)16/h8H,4-7H2,1-3H3/t8-/m1/s1. The first-order valence-electron chi connectivity index (χ1n) is 5.89. The second kappa shape index (κ2) is 4.83. The van der Waals surface area contributed by atoms with Crippen LogP contribution < -0.4 is 0 Å². The molecule has 6 heteroatoms. The summed E-state index contributed by atoms with van der Waals surface area (Å²) in [4.78, 5) is 14.0. The van der Waals surface area contributed by atoms with Crippen LogP contribution in [-0.2, 0) is 22.7 Å². The number of hydrogen-bond acceptors (Lipinski definition) is 4. The maximum absolute atomic E-state index is 12.1. The van der Waals surface area contributed by atoms with Crippen LogP contribution in [0.2, 0.25) is 0 Å². The lowest BCUT2D eigenvalue weighted by Crippen LogP contribution is -2.42. The van der Waals surface area contributed by atoms with Crippen molar-refractivity contribution in [1.29, 1.82) is 0 Å². The predicted molar refractivity (Wildman–Crippen MR) is 61.2 cm³/mol. The molecule has 2 rings (SSSR count). The normalized spacial score (nSPS) is 19.6. The van der Waals surface area contributed by atoms with Gasteiger partial charge in [-0.3, -0.25) is 9.36 Å².